The molecule has 0 radical (unpaired) electrons. The van der Waals surface area contributed by atoms with E-state index in [0.29, 0.717) is 12.3 Å². The van der Waals surface area contributed by atoms with E-state index in [1.807, 2.05) is 13.0 Å². The number of amides is 1. The molecule has 1 amide bonds. The number of hydrogen-bond donors (Lipinski definition) is 1. The maximum absolute atomic E-state index is 13.0. The summed E-state index contributed by atoms with van der Waals surface area (Å²) in [5.74, 6) is 1.20. The van der Waals surface area contributed by atoms with Gasteiger partial charge in [-0.15, -0.1) is 0 Å². The van der Waals surface area contributed by atoms with Gasteiger partial charge in [0.25, 0.3) is 5.91 Å². The Morgan fingerprint density at radius 1 is 1.10 bits per heavy atom. The fourth-order valence-electron chi connectivity index (χ4n) is 3.61. The number of hydrogen-bond acceptors (Lipinski definition) is 3. The normalized spacial score (nSPS) is 13.7. The van der Waals surface area contributed by atoms with E-state index in [0.717, 1.165) is 24.2 Å². The zero-order valence-electron chi connectivity index (χ0n) is 16.4. The Bertz CT molecular complexity index is 994. The molecule has 0 fully saturated rings. The average Bonchev–Trinajstić information content (AvgIpc) is 3.39. The molecule has 150 valence electrons. The molecule has 5 heteroatoms. The predicted molar refractivity (Wildman–Crippen MR) is 109 cm³/mol. The Kier molecular flexibility index (Phi) is 5.65. The SMILES string of the molecule is CC(CNC(=O)c1ccc(COc2ccc3c(c2)CCC3)o1)c1ccc(F)cc1. The van der Waals surface area contributed by atoms with Crippen LogP contribution in [0.15, 0.2) is 59.0 Å². The Balaban J connectivity index is 1.29. The summed E-state index contributed by atoms with van der Waals surface area (Å²) >= 11 is 0. The minimum atomic E-state index is -0.275. The van der Waals surface area contributed by atoms with E-state index in [-0.39, 0.29) is 30.0 Å². The number of aryl methyl sites for hydroxylation is 2. The molecule has 4 nitrogen and oxygen atoms in total. The van der Waals surface area contributed by atoms with Gasteiger partial charge in [0.2, 0.25) is 0 Å². The van der Waals surface area contributed by atoms with Gasteiger partial charge >= 0.3 is 0 Å². The van der Waals surface area contributed by atoms with Gasteiger partial charge in [0.05, 0.1) is 0 Å². The smallest absolute Gasteiger partial charge is 0.287 e. The maximum Gasteiger partial charge on any atom is 0.287 e. The Morgan fingerprint density at radius 2 is 1.90 bits per heavy atom. The highest BCUT2D eigenvalue weighted by molar-refractivity contribution is 5.91. The summed E-state index contributed by atoms with van der Waals surface area (Å²) in [6, 6.07) is 15.9. The van der Waals surface area contributed by atoms with Gasteiger partial charge in [-0.2, -0.15) is 0 Å². The molecule has 1 heterocycles. The van der Waals surface area contributed by atoms with Gasteiger partial charge in [-0.1, -0.05) is 25.1 Å². The number of rotatable bonds is 7. The summed E-state index contributed by atoms with van der Waals surface area (Å²) in [6.45, 7) is 2.69. The van der Waals surface area contributed by atoms with Crippen LogP contribution in [0.1, 0.15) is 52.3 Å². The van der Waals surface area contributed by atoms with E-state index in [4.69, 9.17) is 9.15 Å². The van der Waals surface area contributed by atoms with Gasteiger partial charge in [0, 0.05) is 6.54 Å². The average molecular weight is 393 g/mol. The highest BCUT2D eigenvalue weighted by Gasteiger charge is 2.15. The molecule has 1 unspecified atom stereocenters. The van der Waals surface area contributed by atoms with Crippen LogP contribution < -0.4 is 10.1 Å². The molecule has 1 atom stereocenters. The molecule has 1 N–H and O–H groups in total. The van der Waals surface area contributed by atoms with Gasteiger partial charge in [-0.05, 0) is 78.3 Å². The molecule has 29 heavy (non-hydrogen) atoms. The quantitative estimate of drug-likeness (QED) is 0.613. The van der Waals surface area contributed by atoms with Crippen molar-refractivity contribution in [1.82, 2.24) is 5.32 Å². The first-order valence-corrected chi connectivity index (χ1v) is 9.95. The second-order valence-electron chi connectivity index (χ2n) is 7.50. The molecule has 3 aromatic rings. The van der Waals surface area contributed by atoms with Crippen LogP contribution in [0, 0.1) is 5.82 Å². The lowest BCUT2D eigenvalue weighted by molar-refractivity contribution is 0.0920. The minimum Gasteiger partial charge on any atom is -0.486 e. The highest BCUT2D eigenvalue weighted by atomic mass is 19.1. The van der Waals surface area contributed by atoms with Crippen LogP contribution in [0.5, 0.6) is 5.75 Å². The fourth-order valence-corrected chi connectivity index (χ4v) is 3.61. The van der Waals surface area contributed by atoms with E-state index in [2.05, 4.69) is 17.4 Å². The molecule has 2 aromatic carbocycles. The van der Waals surface area contributed by atoms with E-state index in [1.165, 1.54) is 29.7 Å². The molecule has 1 aromatic heterocycles. The van der Waals surface area contributed by atoms with E-state index < -0.39 is 0 Å². The molecule has 0 spiro atoms. The summed E-state index contributed by atoms with van der Waals surface area (Å²) in [7, 11) is 0. The van der Waals surface area contributed by atoms with Crippen molar-refractivity contribution in [3.05, 3.63) is 88.6 Å². The Morgan fingerprint density at radius 3 is 2.72 bits per heavy atom. The van der Waals surface area contributed by atoms with Crippen molar-refractivity contribution in [2.75, 3.05) is 6.54 Å². The predicted octanol–water partition coefficient (Wildman–Crippen LogP) is 5.02. The lowest BCUT2D eigenvalue weighted by Gasteiger charge is -2.12. The van der Waals surface area contributed by atoms with Crippen LogP contribution in [0.25, 0.3) is 0 Å². The Hall–Kier alpha value is -3.08. The highest BCUT2D eigenvalue weighted by Crippen LogP contribution is 2.26. The molecule has 0 saturated carbocycles. The van der Waals surface area contributed by atoms with Crippen molar-refractivity contribution in [3.8, 4) is 5.75 Å². The Labute approximate surface area is 169 Å². The number of furan rings is 1. The van der Waals surface area contributed by atoms with Crippen molar-refractivity contribution >= 4 is 5.91 Å². The lowest BCUT2D eigenvalue weighted by atomic mass is 10.0. The van der Waals surface area contributed by atoms with Crippen LogP contribution in [-0.2, 0) is 19.4 Å². The minimum absolute atomic E-state index is 0.0668. The fraction of sp³-hybridized carbons (Fsp3) is 0.292. The number of ether oxygens (including phenoxy) is 1. The molecule has 0 saturated heterocycles. The molecular weight excluding hydrogens is 369 g/mol. The van der Waals surface area contributed by atoms with Crippen molar-refractivity contribution in [1.29, 1.82) is 0 Å². The van der Waals surface area contributed by atoms with Crippen molar-refractivity contribution in [2.45, 2.75) is 38.7 Å². The van der Waals surface area contributed by atoms with Crippen LogP contribution >= 0.6 is 0 Å². The van der Waals surface area contributed by atoms with Crippen molar-refractivity contribution < 1.29 is 18.3 Å². The largest absolute Gasteiger partial charge is 0.486 e. The van der Waals surface area contributed by atoms with Crippen LogP contribution in [0.4, 0.5) is 4.39 Å². The molecule has 1 aliphatic rings. The van der Waals surface area contributed by atoms with Gasteiger partial charge in [-0.25, -0.2) is 4.39 Å². The third kappa shape index (κ3) is 4.67. The van der Waals surface area contributed by atoms with E-state index in [1.54, 1.807) is 24.3 Å². The second kappa shape index (κ2) is 8.52. The van der Waals surface area contributed by atoms with Gasteiger partial charge < -0.3 is 14.5 Å². The molecular formula is C24H24FNO3. The van der Waals surface area contributed by atoms with E-state index in [9.17, 15) is 9.18 Å². The summed E-state index contributed by atoms with van der Waals surface area (Å²) in [4.78, 5) is 12.3. The third-order valence-corrected chi connectivity index (χ3v) is 5.34. The van der Waals surface area contributed by atoms with E-state index >= 15 is 0 Å². The van der Waals surface area contributed by atoms with Crippen LogP contribution in [-0.4, -0.2) is 12.5 Å². The number of nitrogens with one attached hydrogen (secondary N) is 1. The van der Waals surface area contributed by atoms with Crippen LogP contribution in [0.2, 0.25) is 0 Å². The molecule has 0 aliphatic heterocycles. The molecule has 4 rings (SSSR count). The first kappa shape index (κ1) is 19.2. The number of fused-ring (bicyclic) bond motifs is 1. The lowest BCUT2D eigenvalue weighted by Crippen LogP contribution is -2.27. The van der Waals surface area contributed by atoms with Crippen LogP contribution in [0.3, 0.4) is 0 Å². The van der Waals surface area contributed by atoms with Gasteiger partial charge in [0.15, 0.2) is 5.76 Å². The van der Waals surface area contributed by atoms with Gasteiger partial charge in [0.1, 0.15) is 23.9 Å². The van der Waals surface area contributed by atoms with Gasteiger partial charge in [-0.3, -0.25) is 4.79 Å². The summed E-state index contributed by atoms with van der Waals surface area (Å²) in [5, 5.41) is 2.86. The third-order valence-electron chi connectivity index (χ3n) is 5.34. The number of carbonyl (C=O) groups excluding carboxylic acids is 1. The van der Waals surface area contributed by atoms with Crippen molar-refractivity contribution in [2.24, 2.45) is 0 Å². The number of benzene rings is 2. The molecule has 1 aliphatic carbocycles. The molecule has 0 bridgehead atoms. The summed E-state index contributed by atoms with van der Waals surface area (Å²) < 4.78 is 24.5. The second-order valence-corrected chi connectivity index (χ2v) is 7.50. The summed E-state index contributed by atoms with van der Waals surface area (Å²) in [5.41, 5.74) is 3.73. The maximum atomic E-state index is 13.0. The first-order chi connectivity index (χ1) is 14.1. The standard InChI is InChI=1S/C24H24FNO3/c1-16(17-5-8-20(25)9-6-17)14-26-24(27)23-12-11-22(29-23)15-28-21-10-7-18-3-2-4-19(18)13-21/h5-13,16H,2-4,14-15H2,1H3,(H,26,27). The topological polar surface area (TPSA) is 51.5 Å². The number of halogens is 1. The zero-order chi connectivity index (χ0) is 20.2. The zero-order valence-corrected chi connectivity index (χ0v) is 16.4. The summed E-state index contributed by atoms with van der Waals surface area (Å²) in [6.07, 6.45) is 3.45. The van der Waals surface area contributed by atoms with Crippen molar-refractivity contribution in [3.63, 3.8) is 0 Å². The number of carbonyl (C=O) groups is 1. The monoisotopic (exact) mass is 393 g/mol. The first-order valence-electron chi connectivity index (χ1n) is 9.95.